The maximum atomic E-state index is 12.0. The van der Waals surface area contributed by atoms with E-state index in [0.29, 0.717) is 5.02 Å². The van der Waals surface area contributed by atoms with E-state index in [1.54, 1.807) is 0 Å². The summed E-state index contributed by atoms with van der Waals surface area (Å²) in [5, 5.41) is 3.39. The Labute approximate surface area is 121 Å². The minimum absolute atomic E-state index is 0.00720. The monoisotopic (exact) mass is 289 g/mol. The van der Waals surface area contributed by atoms with Crippen molar-refractivity contribution in [3.8, 4) is 11.1 Å². The third-order valence-corrected chi connectivity index (χ3v) is 4.51. The van der Waals surface area contributed by atoms with Crippen LogP contribution in [0, 0.1) is 0 Å². The van der Waals surface area contributed by atoms with Gasteiger partial charge in [0.15, 0.2) is 0 Å². The zero-order chi connectivity index (χ0) is 13.4. The molecule has 4 heteroatoms. The van der Waals surface area contributed by atoms with E-state index >= 15 is 0 Å². The number of carbonyl (C=O) groups excluding carboxylic acids is 1. The summed E-state index contributed by atoms with van der Waals surface area (Å²) < 4.78 is 0. The predicted octanol–water partition coefficient (Wildman–Crippen LogP) is 4.36. The number of anilines is 1. The van der Waals surface area contributed by atoms with E-state index in [-0.39, 0.29) is 11.2 Å². The van der Waals surface area contributed by atoms with Crippen LogP contribution < -0.4 is 5.32 Å². The zero-order valence-electron chi connectivity index (χ0n) is 10.3. The van der Waals surface area contributed by atoms with Gasteiger partial charge in [0.2, 0.25) is 5.91 Å². The normalized spacial score (nSPS) is 17.2. The van der Waals surface area contributed by atoms with Gasteiger partial charge >= 0.3 is 0 Å². The van der Waals surface area contributed by atoms with Crippen LogP contribution in [-0.4, -0.2) is 12.2 Å². The van der Waals surface area contributed by atoms with Gasteiger partial charge in [0.05, 0.1) is 5.69 Å². The molecule has 0 fully saturated rings. The average molecular weight is 290 g/mol. The first-order valence-electron chi connectivity index (χ1n) is 5.94. The van der Waals surface area contributed by atoms with Crippen LogP contribution in [0.5, 0.6) is 0 Å². The molecule has 2 nitrogen and oxygen atoms in total. The van der Waals surface area contributed by atoms with E-state index in [4.69, 9.17) is 11.6 Å². The highest BCUT2D eigenvalue weighted by Crippen LogP contribution is 2.47. The van der Waals surface area contributed by atoms with E-state index in [0.717, 1.165) is 22.4 Å². The highest BCUT2D eigenvalue weighted by atomic mass is 35.5. The number of halogens is 1. The molecule has 1 heterocycles. The molecule has 1 amide bonds. The first kappa shape index (κ1) is 12.6. The van der Waals surface area contributed by atoms with E-state index in [9.17, 15) is 4.79 Å². The van der Waals surface area contributed by atoms with Crippen molar-refractivity contribution in [1.82, 2.24) is 0 Å². The summed E-state index contributed by atoms with van der Waals surface area (Å²) in [6, 6.07) is 13.8. The molecule has 0 aliphatic carbocycles. The maximum absolute atomic E-state index is 12.0. The number of nitrogens with one attached hydrogen (secondary N) is 1. The van der Waals surface area contributed by atoms with Crippen LogP contribution in [0.2, 0.25) is 5.02 Å². The van der Waals surface area contributed by atoms with Gasteiger partial charge in [0.1, 0.15) is 5.25 Å². The van der Waals surface area contributed by atoms with E-state index in [1.165, 1.54) is 11.8 Å². The van der Waals surface area contributed by atoms with E-state index in [1.807, 2.05) is 48.7 Å². The summed E-state index contributed by atoms with van der Waals surface area (Å²) in [6.07, 6.45) is 1.92. The molecule has 1 aliphatic rings. The Kier molecular flexibility index (Phi) is 3.25. The first-order chi connectivity index (χ1) is 9.22. The number of hydrogen-bond acceptors (Lipinski definition) is 2. The Hall–Kier alpha value is -1.45. The largest absolute Gasteiger partial charge is 0.324 e. The van der Waals surface area contributed by atoms with Gasteiger partial charge in [0, 0.05) is 16.1 Å². The lowest BCUT2D eigenvalue weighted by atomic mass is 10.0. The molecule has 0 radical (unpaired) electrons. The van der Waals surface area contributed by atoms with Gasteiger partial charge in [-0.3, -0.25) is 4.79 Å². The number of carbonyl (C=O) groups is 1. The highest BCUT2D eigenvalue weighted by Gasteiger charge is 2.33. The van der Waals surface area contributed by atoms with Crippen LogP contribution in [-0.2, 0) is 4.79 Å². The summed E-state index contributed by atoms with van der Waals surface area (Å²) in [6.45, 7) is 0. The lowest BCUT2D eigenvalue weighted by Crippen LogP contribution is -2.08. The molecule has 1 atom stereocenters. The summed E-state index contributed by atoms with van der Waals surface area (Å²) in [7, 11) is 0. The second-order valence-corrected chi connectivity index (χ2v) is 5.70. The third kappa shape index (κ3) is 2.03. The van der Waals surface area contributed by atoms with Gasteiger partial charge in [-0.2, -0.15) is 0 Å². The molecule has 0 spiro atoms. The number of amides is 1. The first-order valence-corrected chi connectivity index (χ1v) is 7.60. The van der Waals surface area contributed by atoms with Crippen molar-refractivity contribution in [3.05, 3.63) is 53.1 Å². The second-order valence-electron chi connectivity index (χ2n) is 4.35. The Morgan fingerprint density at radius 1 is 1.16 bits per heavy atom. The second kappa shape index (κ2) is 4.91. The minimum Gasteiger partial charge on any atom is -0.324 e. The molecule has 0 bridgehead atoms. The van der Waals surface area contributed by atoms with Gasteiger partial charge in [-0.25, -0.2) is 0 Å². The van der Waals surface area contributed by atoms with Crippen molar-refractivity contribution in [2.24, 2.45) is 0 Å². The minimum atomic E-state index is -0.217. The number of fused-ring (bicyclic) bond motifs is 1. The Balaban J connectivity index is 2.21. The molecule has 1 N–H and O–H groups in total. The van der Waals surface area contributed by atoms with Gasteiger partial charge in [0.25, 0.3) is 0 Å². The van der Waals surface area contributed by atoms with Crippen LogP contribution >= 0.6 is 23.4 Å². The molecule has 96 valence electrons. The Morgan fingerprint density at radius 2 is 1.89 bits per heavy atom. The smallest absolute Gasteiger partial charge is 0.242 e. The van der Waals surface area contributed by atoms with Gasteiger partial charge < -0.3 is 5.32 Å². The Morgan fingerprint density at radius 3 is 2.58 bits per heavy atom. The average Bonchev–Trinajstić information content (AvgIpc) is 2.77. The van der Waals surface area contributed by atoms with Crippen LogP contribution in [0.25, 0.3) is 11.1 Å². The lowest BCUT2D eigenvalue weighted by molar-refractivity contribution is -0.115. The van der Waals surface area contributed by atoms with E-state index < -0.39 is 0 Å². The van der Waals surface area contributed by atoms with Crippen LogP contribution in [0.3, 0.4) is 0 Å². The van der Waals surface area contributed by atoms with Gasteiger partial charge in [-0.05, 0) is 17.9 Å². The predicted molar refractivity (Wildman–Crippen MR) is 81.8 cm³/mol. The van der Waals surface area contributed by atoms with Gasteiger partial charge in [-0.15, -0.1) is 11.8 Å². The van der Waals surface area contributed by atoms with Crippen LogP contribution in [0.4, 0.5) is 5.69 Å². The van der Waals surface area contributed by atoms with Crippen molar-refractivity contribution < 1.29 is 4.79 Å². The molecule has 2 aromatic rings. The van der Waals surface area contributed by atoms with Crippen LogP contribution in [0.15, 0.2) is 42.5 Å². The molecule has 0 aromatic heterocycles. The molecule has 0 saturated heterocycles. The molecular formula is C15H12ClNOS. The zero-order valence-corrected chi connectivity index (χ0v) is 11.9. The maximum Gasteiger partial charge on any atom is 0.242 e. The fourth-order valence-electron chi connectivity index (χ4n) is 2.39. The van der Waals surface area contributed by atoms with Crippen molar-refractivity contribution in [2.75, 3.05) is 11.6 Å². The molecule has 2 aromatic carbocycles. The highest BCUT2D eigenvalue weighted by molar-refractivity contribution is 7.99. The molecule has 19 heavy (non-hydrogen) atoms. The molecular weight excluding hydrogens is 278 g/mol. The number of hydrogen-bond donors (Lipinski definition) is 1. The molecule has 1 aliphatic heterocycles. The van der Waals surface area contributed by atoms with E-state index in [2.05, 4.69) is 5.32 Å². The number of thioether (sulfide) groups is 1. The topological polar surface area (TPSA) is 29.1 Å². The molecule has 1 unspecified atom stereocenters. The molecule has 3 rings (SSSR count). The lowest BCUT2D eigenvalue weighted by Gasteiger charge is -2.11. The fourth-order valence-corrected chi connectivity index (χ4v) is 3.47. The third-order valence-electron chi connectivity index (χ3n) is 3.26. The van der Waals surface area contributed by atoms with Crippen LogP contribution in [0.1, 0.15) is 10.8 Å². The quantitative estimate of drug-likeness (QED) is 0.890. The van der Waals surface area contributed by atoms with Crippen molar-refractivity contribution >= 4 is 35.0 Å². The Bertz CT molecular complexity index is 642. The number of rotatable bonds is 2. The molecule has 0 saturated carbocycles. The standard InChI is InChI=1S/C15H12ClNOS/c1-19-14-12-11(16)8-7-10(13(12)17-15(14)18)9-5-3-2-4-6-9/h2-8,14H,1H3,(H,17,18). The van der Waals surface area contributed by atoms with Crippen molar-refractivity contribution in [2.45, 2.75) is 5.25 Å². The van der Waals surface area contributed by atoms with Gasteiger partial charge in [-0.1, -0.05) is 48.0 Å². The van der Waals surface area contributed by atoms with Crippen molar-refractivity contribution in [3.63, 3.8) is 0 Å². The summed E-state index contributed by atoms with van der Waals surface area (Å²) >= 11 is 7.77. The summed E-state index contributed by atoms with van der Waals surface area (Å²) in [5.41, 5.74) is 3.85. The summed E-state index contributed by atoms with van der Waals surface area (Å²) in [4.78, 5) is 12.0. The summed E-state index contributed by atoms with van der Waals surface area (Å²) in [5.74, 6) is 0.00720. The number of benzene rings is 2. The SMILES string of the molecule is CSC1C(=O)Nc2c(-c3ccccc3)ccc(Cl)c21. The fraction of sp³-hybridized carbons (Fsp3) is 0.133. The van der Waals surface area contributed by atoms with Crippen molar-refractivity contribution in [1.29, 1.82) is 0 Å².